The minimum absolute atomic E-state index is 0.0176. The highest BCUT2D eigenvalue weighted by atomic mass is 16.5. The standard InChI is InChI=1S/C14H18N2O2/c1-3-9-18-12-7-5-11(6-8-12)14-15-10-13(17)16(14)4-2/h3,5-8,14-15H,1,4,9-10H2,2H3. The summed E-state index contributed by atoms with van der Waals surface area (Å²) in [5.74, 6) is 0.959. The molecule has 0 saturated carbocycles. The molecule has 96 valence electrons. The minimum atomic E-state index is -0.0176. The highest BCUT2D eigenvalue weighted by Crippen LogP contribution is 2.24. The van der Waals surface area contributed by atoms with E-state index in [-0.39, 0.29) is 12.1 Å². The van der Waals surface area contributed by atoms with Crippen molar-refractivity contribution in [3.05, 3.63) is 42.5 Å². The molecule has 1 aliphatic rings. The van der Waals surface area contributed by atoms with Crippen molar-refractivity contribution in [2.24, 2.45) is 0 Å². The number of hydrogen-bond donors (Lipinski definition) is 1. The summed E-state index contributed by atoms with van der Waals surface area (Å²) in [6.07, 6.45) is 1.69. The van der Waals surface area contributed by atoms with Gasteiger partial charge >= 0.3 is 0 Å². The Morgan fingerprint density at radius 1 is 1.50 bits per heavy atom. The number of hydrogen-bond acceptors (Lipinski definition) is 3. The molecule has 4 heteroatoms. The molecule has 0 bridgehead atoms. The summed E-state index contributed by atoms with van der Waals surface area (Å²) >= 11 is 0. The van der Waals surface area contributed by atoms with Crippen molar-refractivity contribution in [3.63, 3.8) is 0 Å². The molecule has 1 heterocycles. The van der Waals surface area contributed by atoms with Gasteiger partial charge in [0, 0.05) is 6.54 Å². The van der Waals surface area contributed by atoms with Gasteiger partial charge in [0.2, 0.25) is 5.91 Å². The van der Waals surface area contributed by atoms with Crippen molar-refractivity contribution in [1.29, 1.82) is 0 Å². The molecular formula is C14H18N2O2. The van der Waals surface area contributed by atoms with E-state index in [1.54, 1.807) is 6.08 Å². The monoisotopic (exact) mass is 246 g/mol. The molecule has 1 amide bonds. The molecule has 0 radical (unpaired) electrons. The zero-order valence-corrected chi connectivity index (χ0v) is 10.6. The quantitative estimate of drug-likeness (QED) is 0.804. The molecule has 1 aromatic rings. The van der Waals surface area contributed by atoms with Gasteiger partial charge in [-0.25, -0.2) is 0 Å². The van der Waals surface area contributed by atoms with Gasteiger partial charge < -0.3 is 9.64 Å². The summed E-state index contributed by atoms with van der Waals surface area (Å²) in [4.78, 5) is 13.5. The number of rotatable bonds is 5. The van der Waals surface area contributed by atoms with Crippen molar-refractivity contribution >= 4 is 5.91 Å². The van der Waals surface area contributed by atoms with Crippen LogP contribution >= 0.6 is 0 Å². The average molecular weight is 246 g/mol. The van der Waals surface area contributed by atoms with Crippen molar-refractivity contribution < 1.29 is 9.53 Å². The second kappa shape index (κ2) is 5.69. The number of nitrogens with zero attached hydrogens (tertiary/aromatic N) is 1. The maximum Gasteiger partial charge on any atom is 0.238 e. The Labute approximate surface area is 107 Å². The van der Waals surface area contributed by atoms with Crippen LogP contribution in [0.3, 0.4) is 0 Å². The van der Waals surface area contributed by atoms with Crippen LogP contribution < -0.4 is 10.1 Å². The van der Waals surface area contributed by atoms with Crippen LogP contribution in [0.2, 0.25) is 0 Å². The Morgan fingerprint density at radius 2 is 2.22 bits per heavy atom. The fourth-order valence-electron chi connectivity index (χ4n) is 2.10. The van der Waals surface area contributed by atoms with Crippen molar-refractivity contribution in [1.82, 2.24) is 10.2 Å². The maximum atomic E-state index is 11.6. The average Bonchev–Trinajstić information content (AvgIpc) is 2.78. The van der Waals surface area contributed by atoms with Gasteiger partial charge in [-0.15, -0.1) is 0 Å². The highest BCUT2D eigenvalue weighted by molar-refractivity contribution is 5.80. The van der Waals surface area contributed by atoms with Crippen LogP contribution in [-0.2, 0) is 4.79 Å². The molecule has 1 aromatic carbocycles. The van der Waals surface area contributed by atoms with E-state index in [2.05, 4.69) is 11.9 Å². The Hall–Kier alpha value is -1.81. The highest BCUT2D eigenvalue weighted by Gasteiger charge is 2.29. The lowest BCUT2D eigenvalue weighted by Crippen LogP contribution is -2.29. The molecule has 1 N–H and O–H groups in total. The SMILES string of the molecule is C=CCOc1ccc(C2NCC(=O)N2CC)cc1. The lowest BCUT2D eigenvalue weighted by atomic mass is 10.1. The van der Waals surface area contributed by atoms with Crippen LogP contribution in [0.15, 0.2) is 36.9 Å². The van der Waals surface area contributed by atoms with Crippen LogP contribution in [-0.4, -0.2) is 30.5 Å². The van der Waals surface area contributed by atoms with E-state index in [1.165, 1.54) is 0 Å². The van der Waals surface area contributed by atoms with E-state index in [0.29, 0.717) is 19.7 Å². The summed E-state index contributed by atoms with van der Waals surface area (Å²) in [7, 11) is 0. The summed E-state index contributed by atoms with van der Waals surface area (Å²) in [6, 6.07) is 7.79. The zero-order valence-electron chi connectivity index (χ0n) is 10.6. The van der Waals surface area contributed by atoms with Gasteiger partial charge in [0.25, 0.3) is 0 Å². The van der Waals surface area contributed by atoms with Gasteiger partial charge in [0.05, 0.1) is 6.54 Å². The first-order valence-corrected chi connectivity index (χ1v) is 6.12. The van der Waals surface area contributed by atoms with Crippen LogP contribution in [0.5, 0.6) is 5.75 Å². The molecular weight excluding hydrogens is 228 g/mol. The second-order valence-corrected chi connectivity index (χ2v) is 4.13. The molecule has 18 heavy (non-hydrogen) atoms. The molecule has 1 unspecified atom stereocenters. The molecule has 1 saturated heterocycles. The van der Waals surface area contributed by atoms with Crippen LogP contribution in [0.1, 0.15) is 18.7 Å². The molecule has 1 atom stereocenters. The molecule has 4 nitrogen and oxygen atoms in total. The predicted molar refractivity (Wildman–Crippen MR) is 70.3 cm³/mol. The predicted octanol–water partition coefficient (Wildman–Crippen LogP) is 1.70. The van der Waals surface area contributed by atoms with E-state index in [4.69, 9.17) is 4.74 Å². The first kappa shape index (κ1) is 12.6. The first-order chi connectivity index (χ1) is 8.76. The number of likely N-dealkylation sites (N-methyl/N-ethyl adjacent to an activating group) is 1. The molecule has 2 rings (SSSR count). The van der Waals surface area contributed by atoms with Gasteiger partial charge in [0.1, 0.15) is 18.5 Å². The molecule has 0 aromatic heterocycles. The van der Waals surface area contributed by atoms with Crippen molar-refractivity contribution in [2.45, 2.75) is 13.1 Å². The van der Waals surface area contributed by atoms with Crippen LogP contribution in [0.4, 0.5) is 0 Å². The Balaban J connectivity index is 2.09. The number of carbonyl (C=O) groups excluding carboxylic acids is 1. The Morgan fingerprint density at radius 3 is 2.83 bits per heavy atom. The lowest BCUT2D eigenvalue weighted by Gasteiger charge is -2.23. The van der Waals surface area contributed by atoms with Crippen LogP contribution in [0.25, 0.3) is 0 Å². The third-order valence-corrected chi connectivity index (χ3v) is 2.98. The molecule has 1 aliphatic heterocycles. The van der Waals surface area contributed by atoms with Gasteiger partial charge in [-0.1, -0.05) is 24.8 Å². The number of benzene rings is 1. The third-order valence-electron chi connectivity index (χ3n) is 2.98. The van der Waals surface area contributed by atoms with Gasteiger partial charge in [-0.2, -0.15) is 0 Å². The van der Waals surface area contributed by atoms with Gasteiger partial charge in [-0.05, 0) is 24.6 Å². The summed E-state index contributed by atoms with van der Waals surface area (Å²) in [5, 5.41) is 3.21. The number of ether oxygens (including phenoxy) is 1. The normalized spacial score (nSPS) is 19.1. The number of nitrogens with one attached hydrogen (secondary N) is 1. The fraction of sp³-hybridized carbons (Fsp3) is 0.357. The minimum Gasteiger partial charge on any atom is -0.490 e. The van der Waals surface area contributed by atoms with E-state index >= 15 is 0 Å². The van der Waals surface area contributed by atoms with E-state index in [0.717, 1.165) is 11.3 Å². The smallest absolute Gasteiger partial charge is 0.238 e. The second-order valence-electron chi connectivity index (χ2n) is 4.13. The van der Waals surface area contributed by atoms with Crippen molar-refractivity contribution in [2.75, 3.05) is 19.7 Å². The molecule has 0 spiro atoms. The molecule has 1 fully saturated rings. The zero-order chi connectivity index (χ0) is 13.0. The number of amides is 1. The maximum absolute atomic E-state index is 11.6. The summed E-state index contributed by atoms with van der Waals surface area (Å²) in [6.45, 7) is 7.22. The van der Waals surface area contributed by atoms with E-state index < -0.39 is 0 Å². The Bertz CT molecular complexity index is 428. The lowest BCUT2D eigenvalue weighted by molar-refractivity contribution is -0.127. The largest absolute Gasteiger partial charge is 0.490 e. The summed E-state index contributed by atoms with van der Waals surface area (Å²) in [5.41, 5.74) is 1.08. The number of carbonyl (C=O) groups is 1. The van der Waals surface area contributed by atoms with Crippen molar-refractivity contribution in [3.8, 4) is 5.75 Å². The molecule has 0 aliphatic carbocycles. The summed E-state index contributed by atoms with van der Waals surface area (Å²) < 4.78 is 5.43. The first-order valence-electron chi connectivity index (χ1n) is 6.12. The fourth-order valence-corrected chi connectivity index (χ4v) is 2.10. The van der Waals surface area contributed by atoms with Gasteiger partial charge in [0.15, 0.2) is 0 Å². The van der Waals surface area contributed by atoms with E-state index in [9.17, 15) is 4.79 Å². The third kappa shape index (κ3) is 2.54. The topological polar surface area (TPSA) is 41.6 Å². The Kier molecular flexibility index (Phi) is 3.99. The van der Waals surface area contributed by atoms with E-state index in [1.807, 2.05) is 36.1 Å². The van der Waals surface area contributed by atoms with Gasteiger partial charge in [-0.3, -0.25) is 10.1 Å². The van der Waals surface area contributed by atoms with Crippen LogP contribution in [0, 0.1) is 0 Å².